The second-order valence-corrected chi connectivity index (χ2v) is 9.27. The van der Waals surface area contributed by atoms with Gasteiger partial charge in [0, 0.05) is 18.6 Å². The Hall–Kier alpha value is -0.820. The second-order valence-electron chi connectivity index (χ2n) is 7.53. The van der Waals surface area contributed by atoms with Crippen molar-refractivity contribution in [2.75, 3.05) is 25.9 Å². The summed E-state index contributed by atoms with van der Waals surface area (Å²) in [5.74, 6) is 1.66. The van der Waals surface area contributed by atoms with Crippen molar-refractivity contribution in [1.82, 2.24) is 15.4 Å². The Balaban J connectivity index is 2.38. The van der Waals surface area contributed by atoms with Crippen LogP contribution in [0.3, 0.4) is 0 Å². The van der Waals surface area contributed by atoms with Crippen molar-refractivity contribution in [1.29, 1.82) is 0 Å². The topological polar surface area (TPSA) is 82.6 Å². The first-order chi connectivity index (χ1) is 11.2. The molecule has 1 saturated carbocycles. The molecule has 1 aliphatic rings. The number of nitrogens with one attached hydrogen (secondary N) is 3. The van der Waals surface area contributed by atoms with E-state index in [4.69, 9.17) is 0 Å². The Morgan fingerprint density at radius 2 is 1.83 bits per heavy atom. The highest BCUT2D eigenvalue weighted by Gasteiger charge is 2.21. The molecule has 0 aliphatic heterocycles. The minimum Gasteiger partial charge on any atom is -0.357 e. The minimum atomic E-state index is -3.24. The van der Waals surface area contributed by atoms with Crippen molar-refractivity contribution in [2.24, 2.45) is 10.9 Å². The molecule has 24 heavy (non-hydrogen) atoms. The van der Waals surface area contributed by atoms with Crippen LogP contribution >= 0.6 is 0 Å². The van der Waals surface area contributed by atoms with Crippen LogP contribution in [0.4, 0.5) is 0 Å². The third kappa shape index (κ3) is 10.1. The van der Waals surface area contributed by atoms with E-state index >= 15 is 0 Å². The van der Waals surface area contributed by atoms with Gasteiger partial charge in [-0.25, -0.2) is 13.1 Å². The van der Waals surface area contributed by atoms with Gasteiger partial charge in [0.25, 0.3) is 0 Å². The van der Waals surface area contributed by atoms with E-state index < -0.39 is 15.6 Å². The van der Waals surface area contributed by atoms with Gasteiger partial charge in [0.15, 0.2) is 5.96 Å². The Labute approximate surface area is 148 Å². The summed E-state index contributed by atoms with van der Waals surface area (Å²) in [6.07, 6.45) is 10.6. The van der Waals surface area contributed by atoms with E-state index in [1.165, 1.54) is 44.8 Å². The molecule has 1 fully saturated rings. The molecule has 3 N–H and O–H groups in total. The summed E-state index contributed by atoms with van der Waals surface area (Å²) >= 11 is 0. The van der Waals surface area contributed by atoms with Crippen molar-refractivity contribution in [2.45, 2.75) is 71.3 Å². The Morgan fingerprint density at radius 3 is 2.42 bits per heavy atom. The molecule has 142 valence electrons. The van der Waals surface area contributed by atoms with Crippen LogP contribution < -0.4 is 15.4 Å². The molecule has 0 aromatic rings. The zero-order chi connectivity index (χ0) is 18.1. The second kappa shape index (κ2) is 10.2. The van der Waals surface area contributed by atoms with Gasteiger partial charge < -0.3 is 10.6 Å². The van der Waals surface area contributed by atoms with Crippen LogP contribution in [0.25, 0.3) is 0 Å². The third-order valence-electron chi connectivity index (χ3n) is 4.24. The molecule has 0 spiro atoms. The van der Waals surface area contributed by atoms with Crippen LogP contribution in [-0.2, 0) is 10.0 Å². The predicted molar refractivity (Wildman–Crippen MR) is 102 cm³/mol. The number of aliphatic imine (C=N–C) groups is 1. The monoisotopic (exact) mass is 360 g/mol. The predicted octanol–water partition coefficient (Wildman–Crippen LogP) is 2.23. The normalized spacial score (nSPS) is 17.8. The quantitative estimate of drug-likeness (QED) is 0.334. The summed E-state index contributed by atoms with van der Waals surface area (Å²) < 4.78 is 25.4. The molecule has 0 radical (unpaired) electrons. The molecule has 0 atom stereocenters. The molecule has 0 aromatic heterocycles. The van der Waals surface area contributed by atoms with Gasteiger partial charge in [0.05, 0.1) is 12.8 Å². The largest absolute Gasteiger partial charge is 0.357 e. The van der Waals surface area contributed by atoms with Crippen molar-refractivity contribution in [3.05, 3.63) is 0 Å². The smallest absolute Gasteiger partial charge is 0.209 e. The SMILES string of the molecule is CCNC(=NCC(C)(C)NS(C)(=O)=O)NCCCC1CCCCC1. The van der Waals surface area contributed by atoms with Crippen LogP contribution in [0.1, 0.15) is 65.7 Å². The van der Waals surface area contributed by atoms with Gasteiger partial charge in [-0.2, -0.15) is 0 Å². The third-order valence-corrected chi connectivity index (χ3v) is 5.17. The first-order valence-corrected chi connectivity index (χ1v) is 11.1. The van der Waals surface area contributed by atoms with Crippen LogP contribution in [0.2, 0.25) is 0 Å². The maximum atomic E-state index is 11.4. The number of hydrogen-bond acceptors (Lipinski definition) is 3. The standard InChI is InChI=1S/C17H36N4O2S/c1-5-18-16(20-14-17(2,3)21-24(4,22)23)19-13-9-12-15-10-7-6-8-11-15/h15,21H,5-14H2,1-4H3,(H2,18,19,20). The highest BCUT2D eigenvalue weighted by Crippen LogP contribution is 2.26. The molecular formula is C17H36N4O2S. The van der Waals surface area contributed by atoms with Gasteiger partial charge in [0.2, 0.25) is 10.0 Å². The summed E-state index contributed by atoms with van der Waals surface area (Å²) in [7, 11) is -3.24. The maximum absolute atomic E-state index is 11.4. The van der Waals surface area contributed by atoms with E-state index in [1.54, 1.807) is 0 Å². The highest BCUT2D eigenvalue weighted by molar-refractivity contribution is 7.88. The Bertz CT molecular complexity index is 483. The molecule has 7 heteroatoms. The average Bonchev–Trinajstić information content (AvgIpc) is 2.48. The number of rotatable bonds is 9. The molecule has 1 aliphatic carbocycles. The lowest BCUT2D eigenvalue weighted by molar-refractivity contribution is 0.332. The summed E-state index contributed by atoms with van der Waals surface area (Å²) in [6, 6.07) is 0. The first-order valence-electron chi connectivity index (χ1n) is 9.23. The van der Waals surface area contributed by atoms with Crippen LogP contribution in [0, 0.1) is 5.92 Å². The summed E-state index contributed by atoms with van der Waals surface area (Å²) in [6.45, 7) is 7.78. The minimum absolute atomic E-state index is 0.387. The van der Waals surface area contributed by atoms with Crippen LogP contribution in [-0.4, -0.2) is 45.8 Å². The zero-order valence-corrected chi connectivity index (χ0v) is 16.6. The van der Waals surface area contributed by atoms with E-state index in [0.29, 0.717) is 6.54 Å². The molecular weight excluding hydrogens is 324 g/mol. The number of hydrogen-bond donors (Lipinski definition) is 3. The van der Waals surface area contributed by atoms with E-state index in [-0.39, 0.29) is 0 Å². The van der Waals surface area contributed by atoms with Gasteiger partial charge >= 0.3 is 0 Å². The fourth-order valence-corrected chi connectivity index (χ4v) is 4.29. The number of nitrogens with zero attached hydrogens (tertiary/aromatic N) is 1. The molecule has 0 saturated heterocycles. The summed E-state index contributed by atoms with van der Waals surface area (Å²) in [5.41, 5.74) is -0.599. The van der Waals surface area contributed by atoms with E-state index in [0.717, 1.165) is 31.4 Å². The van der Waals surface area contributed by atoms with Crippen LogP contribution in [0.5, 0.6) is 0 Å². The van der Waals surface area contributed by atoms with E-state index in [9.17, 15) is 8.42 Å². The van der Waals surface area contributed by atoms with Crippen molar-refractivity contribution in [3.8, 4) is 0 Å². The molecule has 6 nitrogen and oxygen atoms in total. The molecule has 0 heterocycles. The zero-order valence-electron chi connectivity index (χ0n) is 15.8. The lowest BCUT2D eigenvalue weighted by Crippen LogP contribution is -2.46. The lowest BCUT2D eigenvalue weighted by atomic mass is 9.86. The van der Waals surface area contributed by atoms with Gasteiger partial charge in [-0.15, -0.1) is 0 Å². The van der Waals surface area contributed by atoms with Crippen molar-refractivity contribution >= 4 is 16.0 Å². The highest BCUT2D eigenvalue weighted by atomic mass is 32.2. The summed E-state index contributed by atoms with van der Waals surface area (Å²) in [5, 5.41) is 6.58. The van der Waals surface area contributed by atoms with Crippen molar-refractivity contribution < 1.29 is 8.42 Å². The van der Waals surface area contributed by atoms with E-state index in [1.807, 2.05) is 20.8 Å². The fraction of sp³-hybridized carbons (Fsp3) is 0.941. The first kappa shape index (κ1) is 21.2. The maximum Gasteiger partial charge on any atom is 0.209 e. The molecule has 0 aromatic carbocycles. The van der Waals surface area contributed by atoms with Crippen LogP contribution in [0.15, 0.2) is 4.99 Å². The van der Waals surface area contributed by atoms with Gasteiger partial charge in [-0.1, -0.05) is 32.1 Å². The average molecular weight is 361 g/mol. The van der Waals surface area contributed by atoms with E-state index in [2.05, 4.69) is 20.3 Å². The number of guanidine groups is 1. The fourth-order valence-electron chi connectivity index (χ4n) is 3.23. The van der Waals surface area contributed by atoms with Gasteiger partial charge in [-0.3, -0.25) is 4.99 Å². The Kier molecular flexibility index (Phi) is 9.05. The molecule has 0 unspecified atom stereocenters. The lowest BCUT2D eigenvalue weighted by Gasteiger charge is -2.24. The molecule has 0 amide bonds. The van der Waals surface area contributed by atoms with Gasteiger partial charge in [-0.05, 0) is 39.5 Å². The van der Waals surface area contributed by atoms with Gasteiger partial charge in [0.1, 0.15) is 0 Å². The molecule has 0 bridgehead atoms. The number of sulfonamides is 1. The van der Waals surface area contributed by atoms with Crippen molar-refractivity contribution in [3.63, 3.8) is 0 Å². The summed E-state index contributed by atoms with van der Waals surface area (Å²) in [4.78, 5) is 4.52. The Morgan fingerprint density at radius 1 is 1.17 bits per heavy atom. The molecule has 1 rings (SSSR count).